The largest absolute Gasteiger partial charge is 0.505 e. The van der Waals surface area contributed by atoms with E-state index in [1.54, 1.807) is 12.1 Å². The highest BCUT2D eigenvalue weighted by atomic mass is 35.5. The number of hydrogen-bond donors (Lipinski definition) is 2. The highest BCUT2D eigenvalue weighted by molar-refractivity contribution is 6.37. The van der Waals surface area contributed by atoms with Gasteiger partial charge in [0.1, 0.15) is 5.75 Å². The Morgan fingerprint density at radius 3 is 2.19 bits per heavy atom. The van der Waals surface area contributed by atoms with E-state index in [-0.39, 0.29) is 21.9 Å². The predicted molar refractivity (Wildman–Crippen MR) is 87.7 cm³/mol. The van der Waals surface area contributed by atoms with Crippen molar-refractivity contribution in [2.45, 2.75) is 26.5 Å². The van der Waals surface area contributed by atoms with Crippen LogP contribution >= 0.6 is 23.2 Å². The van der Waals surface area contributed by atoms with E-state index < -0.39 is 0 Å². The Bertz CT molecular complexity index is 589. The molecule has 0 saturated carbocycles. The van der Waals surface area contributed by atoms with Crippen molar-refractivity contribution in [2.75, 3.05) is 5.32 Å². The minimum absolute atomic E-state index is 0.0981. The molecule has 0 radical (unpaired) electrons. The fourth-order valence-electron chi connectivity index (χ4n) is 1.83. The summed E-state index contributed by atoms with van der Waals surface area (Å²) in [6.45, 7) is 4.61. The third-order valence-corrected chi connectivity index (χ3v) is 3.38. The number of hydrogen-bond acceptors (Lipinski definition) is 3. The standard InChI is InChI=1S/C16H17Cl2NO2/c1-10(2)21-13-5-3-11(4-6-13)9-19-12-7-14(17)16(20)15(18)8-12/h3-8,10,19-20H,9H2,1-2H3. The zero-order chi connectivity index (χ0) is 15.4. The van der Waals surface area contributed by atoms with Crippen LogP contribution in [0.3, 0.4) is 0 Å². The molecule has 112 valence electrons. The maximum Gasteiger partial charge on any atom is 0.152 e. The minimum atomic E-state index is -0.0981. The molecule has 0 saturated heterocycles. The SMILES string of the molecule is CC(C)Oc1ccc(CNc2cc(Cl)c(O)c(Cl)c2)cc1. The van der Waals surface area contributed by atoms with Crippen molar-refractivity contribution >= 4 is 28.9 Å². The average Bonchev–Trinajstić information content (AvgIpc) is 2.43. The first-order valence-corrected chi connectivity index (χ1v) is 7.39. The molecule has 2 N–H and O–H groups in total. The van der Waals surface area contributed by atoms with E-state index in [0.717, 1.165) is 17.0 Å². The highest BCUT2D eigenvalue weighted by Crippen LogP contribution is 2.34. The Hall–Kier alpha value is -1.58. The molecule has 0 unspecified atom stereocenters. The summed E-state index contributed by atoms with van der Waals surface area (Å²) in [5.74, 6) is 0.753. The van der Waals surface area contributed by atoms with Gasteiger partial charge in [0.2, 0.25) is 0 Å². The topological polar surface area (TPSA) is 41.5 Å². The second kappa shape index (κ2) is 6.92. The molecular formula is C16H17Cl2NO2. The van der Waals surface area contributed by atoms with E-state index in [4.69, 9.17) is 27.9 Å². The van der Waals surface area contributed by atoms with Crippen LogP contribution in [0.25, 0.3) is 0 Å². The number of anilines is 1. The van der Waals surface area contributed by atoms with Gasteiger partial charge in [-0.05, 0) is 43.7 Å². The van der Waals surface area contributed by atoms with Crippen molar-refractivity contribution in [3.05, 3.63) is 52.0 Å². The molecule has 0 aromatic heterocycles. The van der Waals surface area contributed by atoms with Crippen LogP contribution in [0.2, 0.25) is 10.0 Å². The van der Waals surface area contributed by atoms with Gasteiger partial charge in [-0.15, -0.1) is 0 Å². The first-order chi connectivity index (χ1) is 9.95. The smallest absolute Gasteiger partial charge is 0.152 e. The Morgan fingerprint density at radius 1 is 1.10 bits per heavy atom. The van der Waals surface area contributed by atoms with Gasteiger partial charge in [-0.2, -0.15) is 0 Å². The van der Waals surface area contributed by atoms with Crippen LogP contribution in [0, 0.1) is 0 Å². The van der Waals surface area contributed by atoms with E-state index in [1.165, 1.54) is 0 Å². The Kier molecular flexibility index (Phi) is 5.21. The third-order valence-electron chi connectivity index (χ3n) is 2.81. The number of phenolic OH excluding ortho intramolecular Hbond substituents is 1. The highest BCUT2D eigenvalue weighted by Gasteiger charge is 2.06. The van der Waals surface area contributed by atoms with Gasteiger partial charge >= 0.3 is 0 Å². The van der Waals surface area contributed by atoms with Crippen LogP contribution in [0.4, 0.5) is 5.69 Å². The monoisotopic (exact) mass is 325 g/mol. The summed E-state index contributed by atoms with van der Waals surface area (Å²) in [5.41, 5.74) is 1.86. The Labute approximate surface area is 134 Å². The molecule has 2 aromatic carbocycles. The van der Waals surface area contributed by atoms with E-state index in [9.17, 15) is 5.11 Å². The van der Waals surface area contributed by atoms with Crippen molar-refractivity contribution in [1.82, 2.24) is 0 Å². The lowest BCUT2D eigenvalue weighted by Crippen LogP contribution is -2.05. The lowest BCUT2D eigenvalue weighted by atomic mass is 10.2. The fourth-order valence-corrected chi connectivity index (χ4v) is 2.32. The van der Waals surface area contributed by atoms with Crippen LogP contribution in [0.5, 0.6) is 11.5 Å². The van der Waals surface area contributed by atoms with Crippen LogP contribution in [0.15, 0.2) is 36.4 Å². The zero-order valence-electron chi connectivity index (χ0n) is 11.9. The van der Waals surface area contributed by atoms with Gasteiger partial charge in [0.05, 0.1) is 16.1 Å². The van der Waals surface area contributed by atoms with Crippen molar-refractivity contribution in [2.24, 2.45) is 0 Å². The second-order valence-corrected chi connectivity index (χ2v) is 5.77. The lowest BCUT2D eigenvalue weighted by molar-refractivity contribution is 0.242. The molecule has 0 aliphatic heterocycles. The number of aromatic hydroxyl groups is 1. The van der Waals surface area contributed by atoms with Crippen LogP contribution in [0.1, 0.15) is 19.4 Å². The van der Waals surface area contributed by atoms with Gasteiger partial charge in [-0.1, -0.05) is 35.3 Å². The third kappa shape index (κ3) is 4.45. The molecule has 0 amide bonds. The predicted octanol–water partition coefficient (Wildman–Crippen LogP) is 5.10. The summed E-state index contributed by atoms with van der Waals surface area (Å²) in [6.07, 6.45) is 0.162. The second-order valence-electron chi connectivity index (χ2n) is 4.95. The lowest BCUT2D eigenvalue weighted by Gasteiger charge is -2.11. The molecule has 0 spiro atoms. The molecule has 0 bridgehead atoms. The van der Waals surface area contributed by atoms with Gasteiger partial charge in [-0.25, -0.2) is 0 Å². The quantitative estimate of drug-likeness (QED) is 0.751. The molecule has 0 heterocycles. The average molecular weight is 326 g/mol. The van der Waals surface area contributed by atoms with Gasteiger partial charge in [0.25, 0.3) is 0 Å². The molecule has 0 fully saturated rings. The molecule has 21 heavy (non-hydrogen) atoms. The molecule has 0 aliphatic rings. The number of nitrogens with one attached hydrogen (secondary N) is 1. The van der Waals surface area contributed by atoms with E-state index in [1.807, 2.05) is 38.1 Å². The molecule has 0 atom stereocenters. The molecule has 2 aromatic rings. The molecule has 2 rings (SSSR count). The number of ether oxygens (including phenoxy) is 1. The maximum atomic E-state index is 9.51. The summed E-state index contributed by atoms with van der Waals surface area (Å²) in [5, 5.41) is 13.2. The number of benzene rings is 2. The number of halogens is 2. The fraction of sp³-hybridized carbons (Fsp3) is 0.250. The normalized spacial score (nSPS) is 10.7. The van der Waals surface area contributed by atoms with E-state index in [0.29, 0.717) is 6.54 Å². The minimum Gasteiger partial charge on any atom is -0.505 e. The van der Waals surface area contributed by atoms with Gasteiger partial charge < -0.3 is 15.2 Å². The summed E-state index contributed by atoms with van der Waals surface area (Å²) >= 11 is 11.8. The molecule has 5 heteroatoms. The summed E-state index contributed by atoms with van der Waals surface area (Å²) in [7, 11) is 0. The zero-order valence-corrected chi connectivity index (χ0v) is 13.4. The molecule has 3 nitrogen and oxygen atoms in total. The van der Waals surface area contributed by atoms with Crippen molar-refractivity contribution in [3.8, 4) is 11.5 Å². The molecular weight excluding hydrogens is 309 g/mol. The summed E-state index contributed by atoms with van der Waals surface area (Å²) < 4.78 is 5.59. The van der Waals surface area contributed by atoms with Crippen LogP contribution in [-0.4, -0.2) is 11.2 Å². The maximum absolute atomic E-state index is 9.51. The Balaban J connectivity index is 2.00. The van der Waals surface area contributed by atoms with Gasteiger partial charge in [0, 0.05) is 12.2 Å². The van der Waals surface area contributed by atoms with E-state index in [2.05, 4.69) is 5.32 Å². The van der Waals surface area contributed by atoms with Crippen LogP contribution < -0.4 is 10.1 Å². The first-order valence-electron chi connectivity index (χ1n) is 6.63. The van der Waals surface area contributed by atoms with Crippen molar-refractivity contribution < 1.29 is 9.84 Å². The van der Waals surface area contributed by atoms with Crippen LogP contribution in [-0.2, 0) is 6.54 Å². The van der Waals surface area contributed by atoms with Gasteiger partial charge in [0.15, 0.2) is 5.75 Å². The van der Waals surface area contributed by atoms with Crippen molar-refractivity contribution in [1.29, 1.82) is 0 Å². The summed E-state index contributed by atoms with van der Waals surface area (Å²) in [6, 6.07) is 11.1. The van der Waals surface area contributed by atoms with Gasteiger partial charge in [-0.3, -0.25) is 0 Å². The molecule has 0 aliphatic carbocycles. The Morgan fingerprint density at radius 2 is 1.67 bits per heavy atom. The number of phenols is 1. The summed E-state index contributed by atoms with van der Waals surface area (Å²) in [4.78, 5) is 0. The number of rotatable bonds is 5. The van der Waals surface area contributed by atoms with E-state index >= 15 is 0 Å². The van der Waals surface area contributed by atoms with Crippen molar-refractivity contribution in [3.63, 3.8) is 0 Å². The first kappa shape index (κ1) is 15.8.